The van der Waals surface area contributed by atoms with Gasteiger partial charge in [0.2, 0.25) is 0 Å². The summed E-state index contributed by atoms with van der Waals surface area (Å²) in [4.78, 5) is 20.9. The van der Waals surface area contributed by atoms with Gasteiger partial charge >= 0.3 is 0 Å². The van der Waals surface area contributed by atoms with Crippen LogP contribution in [-0.4, -0.2) is 43.0 Å². The number of aromatic nitrogens is 5. The number of nitrogens with one attached hydrogen (secondary N) is 3. The number of nitrogens with zero attached hydrogens (tertiary/aromatic N) is 6. The molecule has 3 N–H and O–H groups in total. The zero-order valence-corrected chi connectivity index (χ0v) is 22.3. The van der Waals surface area contributed by atoms with Gasteiger partial charge < -0.3 is 15.6 Å². The average Bonchev–Trinajstić information content (AvgIpc) is 3.72. The molecule has 2 atom stereocenters. The summed E-state index contributed by atoms with van der Waals surface area (Å²) < 4.78 is 15.7. The van der Waals surface area contributed by atoms with Gasteiger partial charge in [0.25, 0.3) is 5.91 Å². The minimum Gasteiger partial charge on any atom is -0.348 e. The first kappa shape index (κ1) is 24.3. The maximum Gasteiger partial charge on any atom is 0.276 e. The van der Waals surface area contributed by atoms with Gasteiger partial charge in [-0.2, -0.15) is 15.3 Å². The van der Waals surface area contributed by atoms with Crippen LogP contribution >= 0.6 is 0 Å². The first-order valence-corrected chi connectivity index (χ1v) is 13.3. The van der Waals surface area contributed by atoms with E-state index in [0.717, 1.165) is 39.1 Å². The lowest BCUT2D eigenvalue weighted by molar-refractivity contribution is 0.102. The Morgan fingerprint density at radius 3 is 2.77 bits per heavy atom. The smallest absolute Gasteiger partial charge is 0.276 e. The number of amides is 1. The van der Waals surface area contributed by atoms with Crippen molar-refractivity contribution in [1.82, 2.24) is 30.2 Å². The minimum absolute atomic E-state index is 0.0263. The Morgan fingerprint density at radius 1 is 1.12 bits per heavy atom. The number of fused-ring (bicyclic) bond motifs is 3. The van der Waals surface area contributed by atoms with Gasteiger partial charge in [0, 0.05) is 42.0 Å². The first-order valence-electron chi connectivity index (χ1n) is 13.3. The van der Waals surface area contributed by atoms with Crippen LogP contribution in [-0.2, 0) is 13.1 Å². The number of halogens is 1. The van der Waals surface area contributed by atoms with Crippen molar-refractivity contribution in [3.05, 3.63) is 82.6 Å². The molecule has 0 saturated heterocycles. The molecule has 0 fully saturated rings. The van der Waals surface area contributed by atoms with E-state index in [1.54, 1.807) is 16.8 Å². The van der Waals surface area contributed by atoms with Crippen LogP contribution in [0.4, 0.5) is 15.9 Å². The minimum atomic E-state index is -0.309. The monoisotopic (exact) mass is 537 g/mol. The summed E-state index contributed by atoms with van der Waals surface area (Å²) in [6.45, 7) is 7.31. The Bertz CT molecular complexity index is 1820. The highest BCUT2D eigenvalue weighted by molar-refractivity contribution is 6.05. The SMILES string of the molecule is CC(C)c1c(C(=O)Nc2ccc3cn[nH]c3c2)nn2c(C3C=NNC3C)cc(N3Cc4ccc(F)cc4C3)nc12. The lowest BCUT2D eigenvalue weighted by Gasteiger charge is -2.21. The molecule has 2 unspecified atom stereocenters. The summed E-state index contributed by atoms with van der Waals surface area (Å²) in [5.74, 6) is 0.0970. The van der Waals surface area contributed by atoms with Gasteiger partial charge in [-0.1, -0.05) is 19.9 Å². The summed E-state index contributed by atoms with van der Waals surface area (Å²) in [5.41, 5.74) is 9.23. The topological polar surface area (TPSA) is 116 Å². The van der Waals surface area contributed by atoms with Gasteiger partial charge in [0.05, 0.1) is 29.4 Å². The molecule has 40 heavy (non-hydrogen) atoms. The van der Waals surface area contributed by atoms with Crippen LogP contribution < -0.4 is 15.6 Å². The number of hydrazone groups is 1. The third-order valence-corrected chi connectivity index (χ3v) is 7.74. The molecule has 0 bridgehead atoms. The fourth-order valence-electron chi connectivity index (χ4n) is 5.65. The number of aromatic amines is 1. The third kappa shape index (κ3) is 3.96. The molecule has 5 aromatic rings. The van der Waals surface area contributed by atoms with Gasteiger partial charge in [0.1, 0.15) is 11.6 Å². The molecule has 3 aromatic heterocycles. The molecular formula is C29H28FN9O. The maximum atomic E-state index is 13.9. The summed E-state index contributed by atoms with van der Waals surface area (Å²) >= 11 is 0. The Morgan fingerprint density at radius 2 is 1.98 bits per heavy atom. The number of rotatable bonds is 5. The second-order valence-corrected chi connectivity index (χ2v) is 10.8. The highest BCUT2D eigenvalue weighted by atomic mass is 19.1. The molecule has 2 aliphatic heterocycles. The lowest BCUT2D eigenvalue weighted by atomic mass is 9.99. The van der Waals surface area contributed by atoms with Crippen molar-refractivity contribution in [3.63, 3.8) is 0 Å². The molecule has 0 radical (unpaired) electrons. The van der Waals surface area contributed by atoms with Crippen molar-refractivity contribution in [2.24, 2.45) is 5.10 Å². The predicted molar refractivity (Wildman–Crippen MR) is 151 cm³/mol. The van der Waals surface area contributed by atoms with E-state index >= 15 is 0 Å². The number of hydrogen-bond acceptors (Lipinski definition) is 7. The van der Waals surface area contributed by atoms with E-state index in [-0.39, 0.29) is 29.6 Å². The predicted octanol–water partition coefficient (Wildman–Crippen LogP) is 4.70. The van der Waals surface area contributed by atoms with Crippen molar-refractivity contribution in [2.75, 3.05) is 10.2 Å². The summed E-state index contributed by atoms with van der Waals surface area (Å²) in [7, 11) is 0. The number of carbonyl (C=O) groups is 1. The number of H-pyrrole nitrogens is 1. The van der Waals surface area contributed by atoms with Gasteiger partial charge in [-0.25, -0.2) is 13.9 Å². The summed E-state index contributed by atoms with van der Waals surface area (Å²) in [6.07, 6.45) is 3.61. The van der Waals surface area contributed by atoms with E-state index in [0.29, 0.717) is 30.1 Å². The largest absolute Gasteiger partial charge is 0.348 e. The Labute approximate surface area is 229 Å². The van der Waals surface area contributed by atoms with Gasteiger partial charge in [-0.15, -0.1) is 0 Å². The second-order valence-electron chi connectivity index (χ2n) is 10.8. The fourth-order valence-corrected chi connectivity index (χ4v) is 5.65. The standard InChI is InChI=1S/C29H28FN9O/c1-15(2)26-27(29(40)33-21-7-5-17-11-31-36-23(17)9-21)37-39-24(22-12-32-35-16(22)3)10-25(34-28(26)39)38-13-18-4-6-20(30)8-19(18)14-38/h4-12,15-16,22,35H,13-14H2,1-3H3,(H,31,36)(H,33,40). The zero-order valence-electron chi connectivity index (χ0n) is 22.3. The lowest BCUT2D eigenvalue weighted by Crippen LogP contribution is -2.25. The van der Waals surface area contributed by atoms with E-state index in [9.17, 15) is 9.18 Å². The molecule has 202 valence electrons. The Hall–Kier alpha value is -4.80. The van der Waals surface area contributed by atoms with Crippen molar-refractivity contribution >= 4 is 40.2 Å². The van der Waals surface area contributed by atoms with Crippen molar-refractivity contribution in [2.45, 2.75) is 51.7 Å². The normalized spacial score (nSPS) is 18.2. The Kier molecular flexibility index (Phi) is 5.55. The molecule has 1 amide bonds. The van der Waals surface area contributed by atoms with Crippen molar-refractivity contribution in [1.29, 1.82) is 0 Å². The van der Waals surface area contributed by atoms with Crippen LogP contribution in [0.1, 0.15) is 65.5 Å². The molecule has 7 rings (SSSR count). The van der Waals surface area contributed by atoms with Gasteiger partial charge in [-0.05, 0) is 54.3 Å². The van der Waals surface area contributed by atoms with E-state index < -0.39 is 0 Å². The molecule has 0 aliphatic carbocycles. The van der Waals surface area contributed by atoms with Crippen LogP contribution in [0, 0.1) is 5.82 Å². The average molecular weight is 538 g/mol. The Balaban J connectivity index is 1.34. The number of carbonyl (C=O) groups excluding carboxylic acids is 1. The third-order valence-electron chi connectivity index (χ3n) is 7.74. The molecule has 10 nitrogen and oxygen atoms in total. The highest BCUT2D eigenvalue weighted by Gasteiger charge is 2.31. The molecule has 2 aromatic carbocycles. The van der Waals surface area contributed by atoms with Crippen molar-refractivity contribution < 1.29 is 9.18 Å². The molecule has 5 heterocycles. The molecule has 0 saturated carbocycles. The van der Waals surface area contributed by atoms with Crippen LogP contribution in [0.5, 0.6) is 0 Å². The molecule has 2 aliphatic rings. The van der Waals surface area contributed by atoms with E-state index in [1.165, 1.54) is 6.07 Å². The molecular weight excluding hydrogens is 509 g/mol. The van der Waals surface area contributed by atoms with E-state index in [4.69, 9.17) is 10.1 Å². The summed E-state index contributed by atoms with van der Waals surface area (Å²) in [5, 5.41) is 20.1. The van der Waals surface area contributed by atoms with Gasteiger partial charge in [0.15, 0.2) is 11.3 Å². The maximum absolute atomic E-state index is 13.9. The fraction of sp³-hybridized carbons (Fsp3) is 0.276. The van der Waals surface area contributed by atoms with E-state index in [2.05, 4.69) is 37.9 Å². The van der Waals surface area contributed by atoms with Gasteiger partial charge in [-0.3, -0.25) is 9.89 Å². The quantitative estimate of drug-likeness (QED) is 0.299. The van der Waals surface area contributed by atoms with E-state index in [1.807, 2.05) is 50.4 Å². The van der Waals surface area contributed by atoms with Crippen molar-refractivity contribution in [3.8, 4) is 0 Å². The van der Waals surface area contributed by atoms with Crippen LogP contribution in [0.15, 0.2) is 53.8 Å². The second kappa shape index (κ2) is 9.15. The molecule has 0 spiro atoms. The first-order chi connectivity index (χ1) is 19.4. The summed E-state index contributed by atoms with van der Waals surface area (Å²) in [6, 6.07) is 12.6. The number of anilines is 2. The van der Waals surface area contributed by atoms with Crippen LogP contribution in [0.3, 0.4) is 0 Å². The highest BCUT2D eigenvalue weighted by Crippen LogP contribution is 2.34. The number of benzene rings is 2. The zero-order chi connectivity index (χ0) is 27.5. The number of hydrogen-bond donors (Lipinski definition) is 3. The van der Waals surface area contributed by atoms with Crippen LogP contribution in [0.25, 0.3) is 16.6 Å². The molecule has 11 heteroatoms. The van der Waals surface area contributed by atoms with Crippen LogP contribution in [0.2, 0.25) is 0 Å².